The van der Waals surface area contributed by atoms with E-state index < -0.39 is 0 Å². The fourth-order valence-corrected chi connectivity index (χ4v) is 3.42. The van der Waals surface area contributed by atoms with Gasteiger partial charge in [-0.25, -0.2) is 0 Å². The molecule has 1 aliphatic rings. The lowest BCUT2D eigenvalue weighted by atomic mass is 10.2. The third-order valence-electron chi connectivity index (χ3n) is 4.91. The van der Waals surface area contributed by atoms with Crippen molar-refractivity contribution in [3.05, 3.63) is 66.1 Å². The summed E-state index contributed by atoms with van der Waals surface area (Å²) < 4.78 is 1.93. The number of amides is 2. The third-order valence-corrected chi connectivity index (χ3v) is 4.91. The zero-order valence-electron chi connectivity index (χ0n) is 14.6. The van der Waals surface area contributed by atoms with E-state index in [-0.39, 0.29) is 11.8 Å². The van der Waals surface area contributed by atoms with Crippen molar-refractivity contribution in [3.63, 3.8) is 0 Å². The Morgan fingerprint density at radius 2 is 1.54 bits per heavy atom. The summed E-state index contributed by atoms with van der Waals surface area (Å²) in [5.41, 5.74) is 2.16. The van der Waals surface area contributed by atoms with Crippen molar-refractivity contribution in [1.29, 1.82) is 0 Å². The molecule has 0 radical (unpaired) electrons. The quantitative estimate of drug-likeness (QED) is 0.713. The molecule has 3 heterocycles. The van der Waals surface area contributed by atoms with Gasteiger partial charge in [0.25, 0.3) is 11.8 Å². The lowest BCUT2D eigenvalue weighted by Gasteiger charge is -2.34. The molecule has 0 spiro atoms. The van der Waals surface area contributed by atoms with Crippen molar-refractivity contribution < 1.29 is 9.59 Å². The number of fused-ring (bicyclic) bond motifs is 1. The van der Waals surface area contributed by atoms with Gasteiger partial charge in [-0.05, 0) is 24.3 Å². The molecule has 6 heteroatoms. The molecular formula is C20H20N4O2. The van der Waals surface area contributed by atoms with Crippen LogP contribution in [-0.2, 0) is 7.05 Å². The van der Waals surface area contributed by atoms with E-state index in [0.717, 1.165) is 10.9 Å². The van der Waals surface area contributed by atoms with Gasteiger partial charge >= 0.3 is 0 Å². The molecular weight excluding hydrogens is 328 g/mol. The number of carbonyl (C=O) groups is 2. The maximum absolute atomic E-state index is 12.9. The molecule has 1 aliphatic heterocycles. The second-order valence-electron chi connectivity index (χ2n) is 6.45. The van der Waals surface area contributed by atoms with Gasteiger partial charge < -0.3 is 14.4 Å². The van der Waals surface area contributed by atoms with Gasteiger partial charge in [0, 0.05) is 50.3 Å². The predicted octanol–water partition coefficient (Wildman–Crippen LogP) is 2.17. The van der Waals surface area contributed by atoms with Crippen LogP contribution in [0.25, 0.3) is 10.9 Å². The molecule has 0 N–H and O–H groups in total. The number of hydrogen-bond acceptors (Lipinski definition) is 3. The fourth-order valence-electron chi connectivity index (χ4n) is 3.42. The summed E-state index contributed by atoms with van der Waals surface area (Å²) in [5.74, 6) is -0.0732. The average molecular weight is 348 g/mol. The van der Waals surface area contributed by atoms with Crippen LogP contribution in [-0.4, -0.2) is 57.3 Å². The van der Waals surface area contributed by atoms with Gasteiger partial charge in [-0.3, -0.25) is 14.6 Å². The van der Waals surface area contributed by atoms with E-state index in [0.29, 0.717) is 37.6 Å². The molecule has 26 heavy (non-hydrogen) atoms. The first-order valence-electron chi connectivity index (χ1n) is 8.69. The molecule has 6 nitrogen and oxygen atoms in total. The number of aryl methyl sites for hydroxylation is 1. The Hall–Kier alpha value is -3.15. The summed E-state index contributed by atoms with van der Waals surface area (Å²) in [6.45, 7) is 2.09. The highest BCUT2D eigenvalue weighted by Gasteiger charge is 2.27. The van der Waals surface area contributed by atoms with Crippen LogP contribution in [0.5, 0.6) is 0 Å². The highest BCUT2D eigenvalue weighted by Crippen LogP contribution is 2.20. The SMILES string of the molecule is Cn1c(C(=O)N2CCN(C(=O)c3ccccn3)CC2)cc2ccccc21. The Balaban J connectivity index is 1.46. The Labute approximate surface area is 151 Å². The lowest BCUT2D eigenvalue weighted by molar-refractivity contribution is 0.0527. The van der Waals surface area contributed by atoms with E-state index in [9.17, 15) is 9.59 Å². The smallest absolute Gasteiger partial charge is 0.272 e. The largest absolute Gasteiger partial charge is 0.340 e. The lowest BCUT2D eigenvalue weighted by Crippen LogP contribution is -2.51. The number of benzene rings is 1. The van der Waals surface area contributed by atoms with Crippen LogP contribution in [0.2, 0.25) is 0 Å². The minimum atomic E-state index is -0.0812. The number of carbonyl (C=O) groups excluding carboxylic acids is 2. The van der Waals surface area contributed by atoms with Crippen LogP contribution in [0.4, 0.5) is 0 Å². The average Bonchev–Trinajstić information content (AvgIpc) is 3.04. The van der Waals surface area contributed by atoms with E-state index >= 15 is 0 Å². The number of pyridine rings is 1. The zero-order chi connectivity index (χ0) is 18.1. The number of piperazine rings is 1. The van der Waals surface area contributed by atoms with Gasteiger partial charge in [-0.1, -0.05) is 24.3 Å². The fraction of sp³-hybridized carbons (Fsp3) is 0.250. The van der Waals surface area contributed by atoms with Gasteiger partial charge in [-0.15, -0.1) is 0 Å². The number of hydrogen-bond donors (Lipinski definition) is 0. The Kier molecular flexibility index (Phi) is 4.16. The first-order chi connectivity index (χ1) is 12.6. The van der Waals surface area contributed by atoms with E-state index in [4.69, 9.17) is 0 Å². The van der Waals surface area contributed by atoms with Crippen LogP contribution in [0.15, 0.2) is 54.7 Å². The monoisotopic (exact) mass is 348 g/mol. The number of nitrogens with zero attached hydrogens (tertiary/aromatic N) is 4. The van der Waals surface area contributed by atoms with Crippen molar-refractivity contribution in [1.82, 2.24) is 19.4 Å². The van der Waals surface area contributed by atoms with E-state index in [1.165, 1.54) is 0 Å². The highest BCUT2D eigenvalue weighted by atomic mass is 16.2. The second kappa shape index (κ2) is 6.63. The first kappa shape index (κ1) is 16.3. The molecule has 2 aromatic heterocycles. The third kappa shape index (κ3) is 2.83. The van der Waals surface area contributed by atoms with Crippen molar-refractivity contribution in [2.45, 2.75) is 0 Å². The van der Waals surface area contributed by atoms with Gasteiger partial charge in [0.2, 0.25) is 0 Å². The van der Waals surface area contributed by atoms with Gasteiger partial charge in [-0.2, -0.15) is 0 Å². The van der Waals surface area contributed by atoms with Crippen molar-refractivity contribution in [2.75, 3.05) is 26.2 Å². The van der Waals surface area contributed by atoms with Crippen LogP contribution < -0.4 is 0 Å². The van der Waals surface area contributed by atoms with Crippen molar-refractivity contribution in [3.8, 4) is 0 Å². The van der Waals surface area contributed by atoms with Gasteiger partial charge in [0.1, 0.15) is 11.4 Å². The zero-order valence-corrected chi connectivity index (χ0v) is 14.6. The normalized spacial score (nSPS) is 14.7. The Bertz CT molecular complexity index is 956. The van der Waals surface area contributed by atoms with Crippen LogP contribution >= 0.6 is 0 Å². The maximum Gasteiger partial charge on any atom is 0.272 e. The molecule has 0 bridgehead atoms. The summed E-state index contributed by atoms with van der Waals surface area (Å²) in [4.78, 5) is 33.1. The molecule has 1 aromatic carbocycles. The van der Waals surface area contributed by atoms with E-state index in [1.54, 1.807) is 29.3 Å². The van der Waals surface area contributed by atoms with Crippen LogP contribution in [0, 0.1) is 0 Å². The van der Waals surface area contributed by atoms with Gasteiger partial charge in [0.05, 0.1) is 0 Å². The van der Waals surface area contributed by atoms with Gasteiger partial charge in [0.15, 0.2) is 0 Å². The minimum Gasteiger partial charge on any atom is -0.340 e. The van der Waals surface area contributed by atoms with E-state index in [2.05, 4.69) is 4.98 Å². The molecule has 1 fully saturated rings. The first-order valence-corrected chi connectivity index (χ1v) is 8.69. The molecule has 0 saturated carbocycles. The molecule has 4 rings (SSSR count). The molecule has 0 atom stereocenters. The molecule has 0 unspecified atom stereocenters. The van der Waals surface area contributed by atoms with E-state index in [1.807, 2.05) is 46.8 Å². The Morgan fingerprint density at radius 3 is 2.19 bits per heavy atom. The summed E-state index contributed by atoms with van der Waals surface area (Å²) >= 11 is 0. The summed E-state index contributed by atoms with van der Waals surface area (Å²) in [6.07, 6.45) is 1.62. The number of para-hydroxylation sites is 1. The summed E-state index contributed by atoms with van der Waals surface area (Å²) in [7, 11) is 1.91. The van der Waals surface area contributed by atoms with Crippen molar-refractivity contribution >= 4 is 22.7 Å². The minimum absolute atomic E-state index is 0.00800. The van der Waals surface area contributed by atoms with Crippen LogP contribution in [0.3, 0.4) is 0 Å². The highest BCUT2D eigenvalue weighted by molar-refractivity contribution is 5.99. The summed E-state index contributed by atoms with van der Waals surface area (Å²) in [6, 6.07) is 15.2. The predicted molar refractivity (Wildman–Crippen MR) is 99.0 cm³/mol. The standard InChI is InChI=1S/C20H20N4O2/c1-22-17-8-3-2-6-15(17)14-18(22)20(26)24-12-10-23(11-13-24)19(25)16-7-4-5-9-21-16/h2-9,14H,10-13H2,1H3. The Morgan fingerprint density at radius 1 is 0.885 bits per heavy atom. The number of rotatable bonds is 2. The molecule has 132 valence electrons. The van der Waals surface area contributed by atoms with Crippen LogP contribution in [0.1, 0.15) is 21.0 Å². The maximum atomic E-state index is 12.9. The summed E-state index contributed by atoms with van der Waals surface area (Å²) in [5, 5.41) is 1.06. The molecule has 0 aliphatic carbocycles. The molecule has 3 aromatic rings. The van der Waals surface area contributed by atoms with Crippen molar-refractivity contribution in [2.24, 2.45) is 7.05 Å². The second-order valence-corrected chi connectivity index (χ2v) is 6.45. The molecule has 1 saturated heterocycles. The number of aromatic nitrogens is 2. The molecule has 2 amide bonds. The topological polar surface area (TPSA) is 58.4 Å².